The van der Waals surface area contributed by atoms with Crippen LogP contribution in [-0.2, 0) is 9.84 Å². The zero-order valence-electron chi connectivity index (χ0n) is 12.6. The van der Waals surface area contributed by atoms with Crippen molar-refractivity contribution in [2.24, 2.45) is 0 Å². The summed E-state index contributed by atoms with van der Waals surface area (Å²) in [6, 6.07) is 13.3. The van der Waals surface area contributed by atoms with Crippen LogP contribution in [0.3, 0.4) is 0 Å². The molecule has 24 heavy (non-hydrogen) atoms. The molecule has 2 aromatic carbocycles. The molecule has 7 heteroatoms. The Morgan fingerprint density at radius 1 is 1.08 bits per heavy atom. The number of fused-ring (bicyclic) bond motifs is 2. The minimum absolute atomic E-state index is 0.0294. The third-order valence-corrected chi connectivity index (χ3v) is 6.44. The van der Waals surface area contributed by atoms with Gasteiger partial charge in [0.15, 0.2) is 9.84 Å². The normalized spacial score (nSPS) is 24.0. The molecule has 0 bridgehead atoms. The van der Waals surface area contributed by atoms with E-state index in [-0.39, 0.29) is 23.5 Å². The average Bonchev–Trinajstić information content (AvgIpc) is 2.86. The van der Waals surface area contributed by atoms with Gasteiger partial charge in [-0.25, -0.2) is 8.42 Å². The SMILES string of the molecule is O=C(c1ccc(Cl)cc1)N1c2ccccc2N[C@@H]2CS(=O)(=O)C[C@@H]21. The van der Waals surface area contributed by atoms with Crippen LogP contribution in [0.15, 0.2) is 48.5 Å². The molecule has 2 aromatic rings. The highest BCUT2D eigenvalue weighted by Gasteiger charge is 2.46. The molecule has 2 heterocycles. The highest BCUT2D eigenvalue weighted by atomic mass is 35.5. The third kappa shape index (κ3) is 2.56. The van der Waals surface area contributed by atoms with Crippen LogP contribution in [0, 0.1) is 0 Å². The van der Waals surface area contributed by atoms with Gasteiger partial charge in [0.05, 0.1) is 35.0 Å². The monoisotopic (exact) mass is 362 g/mol. The third-order valence-electron chi connectivity index (χ3n) is 4.47. The number of carbonyl (C=O) groups excluding carboxylic acids is 1. The van der Waals surface area contributed by atoms with E-state index in [1.54, 1.807) is 29.2 Å². The molecule has 0 spiro atoms. The van der Waals surface area contributed by atoms with Crippen LogP contribution in [0.1, 0.15) is 10.4 Å². The minimum atomic E-state index is -3.18. The molecule has 1 saturated heterocycles. The summed E-state index contributed by atoms with van der Waals surface area (Å²) in [5, 5.41) is 3.82. The Hall–Kier alpha value is -2.05. The van der Waals surface area contributed by atoms with Crippen LogP contribution in [-0.4, -0.2) is 37.9 Å². The molecule has 0 aliphatic carbocycles. The molecular weight excluding hydrogens is 348 g/mol. The first-order valence-electron chi connectivity index (χ1n) is 7.60. The Labute approximate surface area is 145 Å². The number of anilines is 2. The molecule has 1 N–H and O–H groups in total. The van der Waals surface area contributed by atoms with Crippen molar-refractivity contribution in [1.82, 2.24) is 0 Å². The first kappa shape index (κ1) is 15.5. The van der Waals surface area contributed by atoms with Gasteiger partial charge in [0, 0.05) is 10.6 Å². The van der Waals surface area contributed by atoms with Gasteiger partial charge < -0.3 is 10.2 Å². The number of nitrogens with zero attached hydrogens (tertiary/aromatic N) is 1. The van der Waals surface area contributed by atoms with E-state index in [9.17, 15) is 13.2 Å². The Balaban J connectivity index is 1.81. The predicted octanol–water partition coefficient (Wildman–Crippen LogP) is 2.58. The Bertz CT molecular complexity index is 912. The van der Waals surface area contributed by atoms with Crippen LogP contribution in [0.2, 0.25) is 5.02 Å². The lowest BCUT2D eigenvalue weighted by molar-refractivity contribution is 0.0976. The quantitative estimate of drug-likeness (QED) is 0.846. The summed E-state index contributed by atoms with van der Waals surface area (Å²) < 4.78 is 24.2. The van der Waals surface area contributed by atoms with Gasteiger partial charge in [-0.1, -0.05) is 23.7 Å². The van der Waals surface area contributed by atoms with E-state index < -0.39 is 15.9 Å². The molecular formula is C17H15ClN2O3S. The topological polar surface area (TPSA) is 66.5 Å². The first-order chi connectivity index (χ1) is 11.4. The maximum absolute atomic E-state index is 13.1. The number of carbonyl (C=O) groups is 1. The van der Waals surface area contributed by atoms with Crippen molar-refractivity contribution in [2.45, 2.75) is 12.1 Å². The summed E-state index contributed by atoms with van der Waals surface area (Å²) in [5.74, 6) is -0.206. The standard InChI is InChI=1S/C17H15ClN2O3S/c18-12-7-5-11(6-8-12)17(21)20-15-4-2-1-3-13(15)19-14-9-24(22,23)10-16(14)20/h1-8,14,16,19H,9-10H2/t14-,16+/m1/s1. The summed E-state index contributed by atoms with van der Waals surface area (Å²) in [6.45, 7) is 0. The van der Waals surface area contributed by atoms with Gasteiger partial charge in [-0.3, -0.25) is 4.79 Å². The van der Waals surface area contributed by atoms with Gasteiger partial charge in [-0.05, 0) is 36.4 Å². The maximum atomic E-state index is 13.1. The molecule has 5 nitrogen and oxygen atoms in total. The van der Waals surface area contributed by atoms with E-state index in [1.807, 2.05) is 24.3 Å². The fourth-order valence-electron chi connectivity index (χ4n) is 3.40. The predicted molar refractivity (Wildman–Crippen MR) is 94.6 cm³/mol. The van der Waals surface area contributed by atoms with E-state index >= 15 is 0 Å². The smallest absolute Gasteiger partial charge is 0.258 e. The van der Waals surface area contributed by atoms with E-state index in [1.165, 1.54) is 0 Å². The number of nitrogens with one attached hydrogen (secondary N) is 1. The minimum Gasteiger partial charge on any atom is -0.377 e. The number of rotatable bonds is 1. The molecule has 0 aromatic heterocycles. The van der Waals surface area contributed by atoms with Crippen molar-refractivity contribution in [2.75, 3.05) is 21.7 Å². The fourth-order valence-corrected chi connectivity index (χ4v) is 5.41. The molecule has 2 atom stereocenters. The van der Waals surface area contributed by atoms with Gasteiger partial charge in [0.1, 0.15) is 0 Å². The molecule has 1 amide bonds. The molecule has 2 aliphatic heterocycles. The molecule has 124 valence electrons. The summed E-state index contributed by atoms with van der Waals surface area (Å²) in [6.07, 6.45) is 0. The lowest BCUT2D eigenvalue weighted by Crippen LogP contribution is -2.52. The Kier molecular flexibility index (Phi) is 3.54. The van der Waals surface area contributed by atoms with Crippen molar-refractivity contribution < 1.29 is 13.2 Å². The van der Waals surface area contributed by atoms with Crippen molar-refractivity contribution in [3.8, 4) is 0 Å². The van der Waals surface area contributed by atoms with Crippen LogP contribution in [0.4, 0.5) is 11.4 Å². The van der Waals surface area contributed by atoms with E-state index in [4.69, 9.17) is 11.6 Å². The molecule has 4 rings (SSSR count). The number of sulfone groups is 1. The summed E-state index contributed by atoms with van der Waals surface area (Å²) in [5.41, 5.74) is 1.97. The number of para-hydroxylation sites is 2. The molecule has 0 saturated carbocycles. The van der Waals surface area contributed by atoms with Crippen molar-refractivity contribution in [3.63, 3.8) is 0 Å². The molecule has 1 fully saturated rings. The van der Waals surface area contributed by atoms with Gasteiger partial charge >= 0.3 is 0 Å². The second-order valence-electron chi connectivity index (χ2n) is 6.09. The van der Waals surface area contributed by atoms with Gasteiger partial charge in [0.2, 0.25) is 0 Å². The van der Waals surface area contributed by atoms with E-state index in [2.05, 4.69) is 5.32 Å². The van der Waals surface area contributed by atoms with Crippen molar-refractivity contribution >= 4 is 38.7 Å². The number of amides is 1. The summed E-state index contributed by atoms with van der Waals surface area (Å²) in [7, 11) is -3.18. The highest BCUT2D eigenvalue weighted by Crippen LogP contribution is 2.38. The summed E-state index contributed by atoms with van der Waals surface area (Å²) in [4.78, 5) is 14.7. The van der Waals surface area contributed by atoms with Gasteiger partial charge in [0.25, 0.3) is 5.91 Å². The number of hydrogen-bond donors (Lipinski definition) is 1. The number of hydrogen-bond acceptors (Lipinski definition) is 4. The van der Waals surface area contributed by atoms with Crippen molar-refractivity contribution in [3.05, 3.63) is 59.1 Å². The van der Waals surface area contributed by atoms with Gasteiger partial charge in [-0.15, -0.1) is 0 Å². The average molecular weight is 363 g/mol. The van der Waals surface area contributed by atoms with Crippen LogP contribution < -0.4 is 10.2 Å². The lowest BCUT2D eigenvalue weighted by atomic mass is 10.0. The molecule has 0 unspecified atom stereocenters. The molecule has 0 radical (unpaired) electrons. The van der Waals surface area contributed by atoms with E-state index in [0.717, 1.165) is 5.69 Å². The largest absolute Gasteiger partial charge is 0.377 e. The zero-order valence-corrected chi connectivity index (χ0v) is 14.2. The van der Waals surface area contributed by atoms with Gasteiger partial charge in [-0.2, -0.15) is 0 Å². The zero-order chi connectivity index (χ0) is 16.9. The second kappa shape index (κ2) is 5.50. The van der Waals surface area contributed by atoms with E-state index in [0.29, 0.717) is 16.3 Å². The highest BCUT2D eigenvalue weighted by molar-refractivity contribution is 7.91. The van der Waals surface area contributed by atoms with Crippen LogP contribution in [0.5, 0.6) is 0 Å². The molecule has 2 aliphatic rings. The van der Waals surface area contributed by atoms with Crippen molar-refractivity contribution in [1.29, 1.82) is 0 Å². The maximum Gasteiger partial charge on any atom is 0.258 e. The Morgan fingerprint density at radius 2 is 1.79 bits per heavy atom. The summed E-state index contributed by atoms with van der Waals surface area (Å²) >= 11 is 5.90. The Morgan fingerprint density at radius 3 is 2.54 bits per heavy atom. The number of halogens is 1. The van der Waals surface area contributed by atoms with Crippen LogP contribution in [0.25, 0.3) is 0 Å². The second-order valence-corrected chi connectivity index (χ2v) is 8.68. The lowest BCUT2D eigenvalue weighted by Gasteiger charge is -2.39. The fraction of sp³-hybridized carbons (Fsp3) is 0.235. The first-order valence-corrected chi connectivity index (χ1v) is 9.80. The van der Waals surface area contributed by atoms with Crippen LogP contribution >= 0.6 is 11.6 Å². The number of benzene rings is 2.